The van der Waals surface area contributed by atoms with Crippen LogP contribution in [-0.4, -0.2) is 10.1 Å². The Hall–Kier alpha value is -1.97. The zero-order chi connectivity index (χ0) is 14.7. The van der Waals surface area contributed by atoms with Crippen molar-refractivity contribution in [1.29, 1.82) is 0 Å². The average Bonchev–Trinajstić information content (AvgIpc) is 2.89. The molecule has 3 heteroatoms. The van der Waals surface area contributed by atoms with E-state index in [2.05, 4.69) is 19.1 Å². The predicted molar refractivity (Wildman–Crippen MR) is 87.4 cm³/mol. The van der Waals surface area contributed by atoms with Gasteiger partial charge in [0.1, 0.15) is 0 Å². The smallest absolute Gasteiger partial charge is 0.0964 e. The molecule has 1 heterocycles. The van der Waals surface area contributed by atoms with E-state index >= 15 is 0 Å². The van der Waals surface area contributed by atoms with E-state index in [9.17, 15) is 5.11 Å². The molecule has 0 unspecified atom stereocenters. The van der Waals surface area contributed by atoms with Crippen molar-refractivity contribution in [2.45, 2.75) is 19.4 Å². The van der Waals surface area contributed by atoms with Crippen molar-refractivity contribution in [2.24, 2.45) is 0 Å². The van der Waals surface area contributed by atoms with Gasteiger partial charge in [0.05, 0.1) is 16.8 Å². The van der Waals surface area contributed by atoms with Gasteiger partial charge in [0.25, 0.3) is 0 Å². The van der Waals surface area contributed by atoms with Crippen LogP contribution in [0.25, 0.3) is 11.3 Å². The minimum atomic E-state index is -0.500. The molecule has 3 aromatic rings. The molecule has 0 spiro atoms. The van der Waals surface area contributed by atoms with Crippen LogP contribution < -0.4 is 0 Å². The Labute approximate surface area is 128 Å². The third-order valence-corrected chi connectivity index (χ3v) is 4.43. The van der Waals surface area contributed by atoms with Gasteiger partial charge >= 0.3 is 0 Å². The predicted octanol–water partition coefficient (Wildman–Crippen LogP) is 4.39. The number of aryl methyl sites for hydroxylation is 1. The minimum absolute atomic E-state index is 0.500. The topological polar surface area (TPSA) is 33.1 Å². The molecule has 3 rings (SSSR count). The second-order valence-electron chi connectivity index (χ2n) is 5.01. The van der Waals surface area contributed by atoms with E-state index < -0.39 is 6.10 Å². The van der Waals surface area contributed by atoms with Crippen molar-refractivity contribution >= 4 is 11.3 Å². The summed E-state index contributed by atoms with van der Waals surface area (Å²) in [7, 11) is 0. The summed E-state index contributed by atoms with van der Waals surface area (Å²) in [6.45, 7) is 2.08. The fraction of sp³-hybridized carbons (Fsp3) is 0.167. The standard InChI is InChI=1S/C18H17NOS/c1-13-18(15-10-6-3-7-11-15)19-17(21-13)12-16(20)14-8-4-2-5-9-14/h2-11,16,20H,12H2,1H3/t16-/m1/s1. The molecule has 0 aliphatic carbocycles. The maximum absolute atomic E-state index is 10.3. The lowest BCUT2D eigenvalue weighted by molar-refractivity contribution is 0.178. The number of thiazole rings is 1. The highest BCUT2D eigenvalue weighted by atomic mass is 32.1. The fourth-order valence-corrected chi connectivity index (χ4v) is 3.35. The third kappa shape index (κ3) is 3.20. The number of rotatable bonds is 4. The summed E-state index contributed by atoms with van der Waals surface area (Å²) in [5.41, 5.74) is 3.09. The molecule has 0 fully saturated rings. The Balaban J connectivity index is 1.82. The van der Waals surface area contributed by atoms with Crippen molar-refractivity contribution in [3.8, 4) is 11.3 Å². The molecule has 0 amide bonds. The van der Waals surface area contributed by atoms with Gasteiger partial charge in [-0.05, 0) is 12.5 Å². The lowest BCUT2D eigenvalue weighted by Gasteiger charge is -2.08. The van der Waals surface area contributed by atoms with Crippen LogP contribution >= 0.6 is 11.3 Å². The highest BCUT2D eigenvalue weighted by molar-refractivity contribution is 7.12. The van der Waals surface area contributed by atoms with E-state index in [0.717, 1.165) is 21.8 Å². The molecule has 0 aliphatic heterocycles. The van der Waals surface area contributed by atoms with Crippen molar-refractivity contribution in [1.82, 2.24) is 4.98 Å². The van der Waals surface area contributed by atoms with Crippen LogP contribution in [0.3, 0.4) is 0 Å². The van der Waals surface area contributed by atoms with E-state index in [1.54, 1.807) is 11.3 Å². The zero-order valence-electron chi connectivity index (χ0n) is 11.9. The highest BCUT2D eigenvalue weighted by Gasteiger charge is 2.14. The Bertz CT molecular complexity index is 707. The van der Waals surface area contributed by atoms with Crippen LogP contribution in [0, 0.1) is 6.92 Å². The lowest BCUT2D eigenvalue weighted by atomic mass is 10.1. The summed E-state index contributed by atoms with van der Waals surface area (Å²) in [6.07, 6.45) is 0.0582. The molecule has 106 valence electrons. The van der Waals surface area contributed by atoms with Crippen LogP contribution in [0.2, 0.25) is 0 Å². The number of hydrogen-bond donors (Lipinski definition) is 1. The summed E-state index contributed by atoms with van der Waals surface area (Å²) in [4.78, 5) is 5.90. The van der Waals surface area contributed by atoms with Gasteiger partial charge in [0.2, 0.25) is 0 Å². The van der Waals surface area contributed by atoms with Crippen molar-refractivity contribution in [3.63, 3.8) is 0 Å². The number of aliphatic hydroxyl groups excluding tert-OH is 1. The maximum Gasteiger partial charge on any atom is 0.0964 e. The second kappa shape index (κ2) is 6.20. The summed E-state index contributed by atoms with van der Waals surface area (Å²) in [6, 6.07) is 19.9. The summed E-state index contributed by atoms with van der Waals surface area (Å²) in [5, 5.41) is 11.3. The lowest BCUT2D eigenvalue weighted by Crippen LogP contribution is -2.01. The molecule has 0 saturated heterocycles. The fourth-order valence-electron chi connectivity index (χ4n) is 2.36. The first-order valence-electron chi connectivity index (χ1n) is 6.99. The summed E-state index contributed by atoms with van der Waals surface area (Å²) >= 11 is 1.66. The molecular weight excluding hydrogens is 278 g/mol. The minimum Gasteiger partial charge on any atom is -0.388 e. The average molecular weight is 295 g/mol. The zero-order valence-corrected chi connectivity index (χ0v) is 12.7. The van der Waals surface area contributed by atoms with Gasteiger partial charge < -0.3 is 5.11 Å². The molecule has 1 N–H and O–H groups in total. The largest absolute Gasteiger partial charge is 0.388 e. The highest BCUT2D eigenvalue weighted by Crippen LogP contribution is 2.29. The first-order valence-corrected chi connectivity index (χ1v) is 7.80. The van der Waals surface area contributed by atoms with Crippen molar-refractivity contribution in [2.75, 3.05) is 0 Å². The first kappa shape index (κ1) is 14.0. The normalized spacial score (nSPS) is 12.3. The number of aromatic nitrogens is 1. The van der Waals surface area contributed by atoms with E-state index in [4.69, 9.17) is 4.98 Å². The van der Waals surface area contributed by atoms with Gasteiger partial charge in [-0.2, -0.15) is 0 Å². The third-order valence-electron chi connectivity index (χ3n) is 3.44. The van der Waals surface area contributed by atoms with E-state index in [0.29, 0.717) is 6.42 Å². The Morgan fingerprint density at radius 3 is 2.29 bits per heavy atom. The van der Waals surface area contributed by atoms with Crippen LogP contribution in [0.15, 0.2) is 60.7 Å². The molecule has 1 aromatic heterocycles. The Morgan fingerprint density at radius 1 is 1.00 bits per heavy atom. The Morgan fingerprint density at radius 2 is 1.62 bits per heavy atom. The van der Waals surface area contributed by atoms with Gasteiger partial charge in [-0.15, -0.1) is 11.3 Å². The van der Waals surface area contributed by atoms with Crippen LogP contribution in [0.1, 0.15) is 21.6 Å². The number of hydrogen-bond acceptors (Lipinski definition) is 3. The molecule has 0 aliphatic rings. The van der Waals surface area contributed by atoms with E-state index in [-0.39, 0.29) is 0 Å². The van der Waals surface area contributed by atoms with Crippen molar-refractivity contribution < 1.29 is 5.11 Å². The van der Waals surface area contributed by atoms with E-state index in [1.165, 1.54) is 4.88 Å². The summed E-state index contributed by atoms with van der Waals surface area (Å²) in [5.74, 6) is 0. The SMILES string of the molecule is Cc1sc(C[C@@H](O)c2ccccc2)nc1-c1ccccc1. The molecule has 0 saturated carbocycles. The molecule has 1 atom stereocenters. The van der Waals surface area contributed by atoms with Gasteiger partial charge in [-0.25, -0.2) is 4.98 Å². The van der Waals surface area contributed by atoms with Gasteiger partial charge in [0.15, 0.2) is 0 Å². The molecule has 0 bridgehead atoms. The van der Waals surface area contributed by atoms with Crippen molar-refractivity contribution in [3.05, 3.63) is 76.1 Å². The van der Waals surface area contributed by atoms with Gasteiger partial charge in [-0.3, -0.25) is 0 Å². The maximum atomic E-state index is 10.3. The monoisotopic (exact) mass is 295 g/mol. The summed E-state index contributed by atoms with van der Waals surface area (Å²) < 4.78 is 0. The van der Waals surface area contributed by atoms with Crippen LogP contribution in [0.5, 0.6) is 0 Å². The van der Waals surface area contributed by atoms with Crippen LogP contribution in [0.4, 0.5) is 0 Å². The van der Waals surface area contributed by atoms with Gasteiger partial charge in [-0.1, -0.05) is 60.7 Å². The molecule has 2 aromatic carbocycles. The quantitative estimate of drug-likeness (QED) is 0.774. The van der Waals surface area contributed by atoms with Gasteiger partial charge in [0, 0.05) is 16.9 Å². The molecular formula is C18H17NOS. The molecule has 21 heavy (non-hydrogen) atoms. The number of aliphatic hydroxyl groups is 1. The second-order valence-corrected chi connectivity index (χ2v) is 6.30. The first-order chi connectivity index (χ1) is 10.2. The Kier molecular flexibility index (Phi) is 4.13. The van der Waals surface area contributed by atoms with E-state index in [1.807, 2.05) is 48.5 Å². The number of nitrogens with zero attached hydrogens (tertiary/aromatic N) is 1. The number of benzene rings is 2. The molecule has 0 radical (unpaired) electrons. The molecule has 2 nitrogen and oxygen atoms in total. The van der Waals surface area contributed by atoms with Crippen LogP contribution in [-0.2, 0) is 6.42 Å².